The summed E-state index contributed by atoms with van der Waals surface area (Å²) in [5.74, 6) is -0.205. The maximum Gasteiger partial charge on any atom is 0.348 e. The van der Waals surface area contributed by atoms with E-state index in [-0.39, 0.29) is 11.8 Å². The average Bonchev–Trinajstić information content (AvgIpc) is 3.00. The molecule has 5 nitrogen and oxygen atoms in total. The van der Waals surface area contributed by atoms with E-state index in [1.807, 2.05) is 11.4 Å². The largest absolute Gasteiger partial charge is 0.465 e. The topological polar surface area (TPSA) is 64.1 Å². The Bertz CT molecular complexity index is 835. The molecule has 0 fully saturated rings. The highest BCUT2D eigenvalue weighted by Gasteiger charge is 2.13. The van der Waals surface area contributed by atoms with Crippen molar-refractivity contribution < 1.29 is 13.9 Å². The quantitative estimate of drug-likeness (QED) is 0.749. The fourth-order valence-corrected chi connectivity index (χ4v) is 2.84. The molecule has 0 aliphatic rings. The van der Waals surface area contributed by atoms with Gasteiger partial charge in [0.15, 0.2) is 0 Å². The number of methoxy groups -OCH3 is 1. The SMILES string of the molecule is COC(=O)c1sccc1CNc1cnc2ccc(F)cc2n1. The van der Waals surface area contributed by atoms with Crippen LogP contribution in [0.4, 0.5) is 10.2 Å². The molecule has 1 N–H and O–H groups in total. The van der Waals surface area contributed by atoms with Crippen LogP contribution in [-0.4, -0.2) is 23.0 Å². The standard InChI is InChI=1S/C15H12FN3O2S/c1-21-15(20)14-9(4-5-22-14)7-18-13-8-17-11-3-2-10(16)6-12(11)19-13/h2-6,8H,7H2,1H3,(H,18,19). The predicted octanol–water partition coefficient (Wildman–Crippen LogP) is 3.23. The molecule has 3 rings (SSSR count). The molecule has 0 bridgehead atoms. The zero-order chi connectivity index (χ0) is 15.5. The van der Waals surface area contributed by atoms with Crippen LogP contribution < -0.4 is 5.32 Å². The van der Waals surface area contributed by atoms with Gasteiger partial charge in [-0.25, -0.2) is 14.2 Å². The molecular formula is C15H12FN3O2S. The molecule has 0 amide bonds. The van der Waals surface area contributed by atoms with Gasteiger partial charge in [-0.3, -0.25) is 4.98 Å². The zero-order valence-corrected chi connectivity index (χ0v) is 12.5. The lowest BCUT2D eigenvalue weighted by atomic mass is 10.2. The minimum atomic E-state index is -0.363. The van der Waals surface area contributed by atoms with E-state index in [0.717, 1.165) is 5.56 Å². The van der Waals surface area contributed by atoms with Crippen molar-refractivity contribution in [2.45, 2.75) is 6.54 Å². The summed E-state index contributed by atoms with van der Waals surface area (Å²) in [6, 6.07) is 6.10. The minimum Gasteiger partial charge on any atom is -0.465 e. The summed E-state index contributed by atoms with van der Waals surface area (Å²) in [6.07, 6.45) is 1.57. The van der Waals surface area contributed by atoms with Crippen LogP contribution in [0.3, 0.4) is 0 Å². The number of ether oxygens (including phenoxy) is 1. The highest BCUT2D eigenvalue weighted by Crippen LogP contribution is 2.19. The number of esters is 1. The number of benzene rings is 1. The summed E-state index contributed by atoms with van der Waals surface area (Å²) in [4.78, 5) is 20.7. The second-order valence-corrected chi connectivity index (χ2v) is 5.42. The van der Waals surface area contributed by atoms with Crippen molar-refractivity contribution in [1.82, 2.24) is 9.97 Å². The molecule has 112 valence electrons. The molecule has 0 saturated carbocycles. The van der Waals surface area contributed by atoms with Crippen molar-refractivity contribution in [3.63, 3.8) is 0 Å². The van der Waals surface area contributed by atoms with Gasteiger partial charge in [-0.2, -0.15) is 0 Å². The van der Waals surface area contributed by atoms with Crippen LogP contribution in [-0.2, 0) is 11.3 Å². The monoisotopic (exact) mass is 317 g/mol. The fraction of sp³-hybridized carbons (Fsp3) is 0.133. The normalized spacial score (nSPS) is 10.6. The van der Waals surface area contributed by atoms with E-state index in [1.54, 1.807) is 12.3 Å². The van der Waals surface area contributed by atoms with Crippen LogP contribution >= 0.6 is 11.3 Å². The Morgan fingerprint density at radius 3 is 3.05 bits per heavy atom. The van der Waals surface area contributed by atoms with Crippen molar-refractivity contribution >= 4 is 34.2 Å². The van der Waals surface area contributed by atoms with Crippen LogP contribution in [0.1, 0.15) is 15.2 Å². The highest BCUT2D eigenvalue weighted by atomic mass is 32.1. The van der Waals surface area contributed by atoms with Gasteiger partial charge in [0, 0.05) is 12.6 Å². The number of nitrogens with zero attached hydrogens (tertiary/aromatic N) is 2. The van der Waals surface area contributed by atoms with E-state index in [4.69, 9.17) is 4.74 Å². The lowest BCUT2D eigenvalue weighted by molar-refractivity contribution is 0.0605. The van der Waals surface area contributed by atoms with Crippen molar-refractivity contribution in [2.75, 3.05) is 12.4 Å². The van der Waals surface area contributed by atoms with Crippen LogP contribution in [0.15, 0.2) is 35.8 Å². The Morgan fingerprint density at radius 1 is 1.36 bits per heavy atom. The molecule has 0 aliphatic heterocycles. The number of anilines is 1. The third-order valence-electron chi connectivity index (χ3n) is 3.08. The lowest BCUT2D eigenvalue weighted by Crippen LogP contribution is -2.07. The molecular weight excluding hydrogens is 305 g/mol. The summed E-state index contributed by atoms with van der Waals surface area (Å²) in [5.41, 5.74) is 1.92. The first-order chi connectivity index (χ1) is 10.7. The van der Waals surface area contributed by atoms with Gasteiger partial charge in [0.2, 0.25) is 0 Å². The van der Waals surface area contributed by atoms with E-state index in [9.17, 15) is 9.18 Å². The number of hydrogen-bond donors (Lipinski definition) is 1. The molecule has 2 aromatic heterocycles. The molecule has 0 saturated heterocycles. The number of halogens is 1. The number of rotatable bonds is 4. The minimum absolute atomic E-state index is 0.357. The molecule has 3 aromatic rings. The maximum absolute atomic E-state index is 13.2. The molecule has 2 heterocycles. The Morgan fingerprint density at radius 2 is 2.23 bits per heavy atom. The Labute approximate surface area is 129 Å². The number of fused-ring (bicyclic) bond motifs is 1. The molecule has 1 aromatic carbocycles. The second-order valence-electron chi connectivity index (χ2n) is 4.51. The van der Waals surface area contributed by atoms with Gasteiger partial charge in [-0.05, 0) is 29.1 Å². The molecule has 7 heteroatoms. The highest BCUT2D eigenvalue weighted by molar-refractivity contribution is 7.12. The van der Waals surface area contributed by atoms with Gasteiger partial charge in [0.1, 0.15) is 16.5 Å². The van der Waals surface area contributed by atoms with Gasteiger partial charge in [-0.1, -0.05) is 0 Å². The van der Waals surface area contributed by atoms with Crippen LogP contribution in [0.5, 0.6) is 0 Å². The third kappa shape index (κ3) is 2.89. The average molecular weight is 317 g/mol. The predicted molar refractivity (Wildman–Crippen MR) is 82.5 cm³/mol. The smallest absolute Gasteiger partial charge is 0.348 e. The van der Waals surface area contributed by atoms with Crippen molar-refractivity contribution in [2.24, 2.45) is 0 Å². The third-order valence-corrected chi connectivity index (χ3v) is 4.02. The van der Waals surface area contributed by atoms with Gasteiger partial charge < -0.3 is 10.1 Å². The number of nitrogens with one attached hydrogen (secondary N) is 1. The first-order valence-electron chi connectivity index (χ1n) is 6.48. The van der Waals surface area contributed by atoms with Crippen LogP contribution in [0.25, 0.3) is 11.0 Å². The Kier molecular flexibility index (Phi) is 3.97. The van der Waals surface area contributed by atoms with Crippen molar-refractivity contribution in [1.29, 1.82) is 0 Å². The van der Waals surface area contributed by atoms with Crippen molar-refractivity contribution in [3.05, 3.63) is 52.1 Å². The maximum atomic E-state index is 13.2. The number of carbonyl (C=O) groups is 1. The molecule has 0 atom stereocenters. The number of carbonyl (C=O) groups excluding carboxylic acids is 1. The zero-order valence-electron chi connectivity index (χ0n) is 11.7. The fourth-order valence-electron chi connectivity index (χ4n) is 2.00. The van der Waals surface area contributed by atoms with E-state index >= 15 is 0 Å². The summed E-state index contributed by atoms with van der Waals surface area (Å²) in [7, 11) is 1.35. The number of thiophene rings is 1. The summed E-state index contributed by atoms with van der Waals surface area (Å²) in [5, 5.41) is 4.90. The summed E-state index contributed by atoms with van der Waals surface area (Å²) < 4.78 is 18.0. The van der Waals surface area contributed by atoms with E-state index < -0.39 is 0 Å². The summed E-state index contributed by atoms with van der Waals surface area (Å²) in [6.45, 7) is 0.406. The van der Waals surface area contributed by atoms with Gasteiger partial charge in [-0.15, -0.1) is 11.3 Å². The van der Waals surface area contributed by atoms with Crippen LogP contribution in [0, 0.1) is 5.82 Å². The molecule has 0 spiro atoms. The molecule has 0 aliphatic carbocycles. The molecule has 22 heavy (non-hydrogen) atoms. The van der Waals surface area contributed by atoms with Crippen molar-refractivity contribution in [3.8, 4) is 0 Å². The Hall–Kier alpha value is -2.54. The lowest BCUT2D eigenvalue weighted by Gasteiger charge is -2.06. The second kappa shape index (κ2) is 6.07. The molecule has 0 radical (unpaired) electrons. The Balaban J connectivity index is 1.79. The van der Waals surface area contributed by atoms with Gasteiger partial charge in [0.25, 0.3) is 0 Å². The number of aromatic nitrogens is 2. The number of hydrogen-bond acceptors (Lipinski definition) is 6. The summed E-state index contributed by atoms with van der Waals surface area (Å²) >= 11 is 1.32. The van der Waals surface area contributed by atoms with E-state index in [1.165, 1.54) is 30.6 Å². The molecule has 0 unspecified atom stereocenters. The van der Waals surface area contributed by atoms with Gasteiger partial charge in [0.05, 0.1) is 24.3 Å². The van der Waals surface area contributed by atoms with Crippen LogP contribution in [0.2, 0.25) is 0 Å². The van der Waals surface area contributed by atoms with E-state index in [0.29, 0.717) is 28.3 Å². The van der Waals surface area contributed by atoms with E-state index in [2.05, 4.69) is 15.3 Å². The first-order valence-corrected chi connectivity index (χ1v) is 7.36. The first kappa shape index (κ1) is 14.4. The van der Waals surface area contributed by atoms with Gasteiger partial charge >= 0.3 is 5.97 Å².